The van der Waals surface area contributed by atoms with Gasteiger partial charge in [0.25, 0.3) is 0 Å². The molecule has 6 nitrogen and oxygen atoms in total. The first-order valence-electron chi connectivity index (χ1n) is 3.26. The molecule has 0 saturated carbocycles. The molecule has 0 aromatic rings. The molecule has 0 bridgehead atoms. The Morgan fingerprint density at radius 3 is 1.55 bits per heavy atom. The second-order valence-corrected chi connectivity index (χ2v) is 2.43. The van der Waals surface area contributed by atoms with Gasteiger partial charge in [0.15, 0.2) is 0 Å². The minimum atomic E-state index is -1.12. The molecular formula is C5H12N2O4. The van der Waals surface area contributed by atoms with Crippen LogP contribution >= 0.6 is 0 Å². The second kappa shape index (κ2) is 3.44. The Bertz CT molecular complexity index is 116. The van der Waals surface area contributed by atoms with Gasteiger partial charge >= 0.3 is 0 Å². The topological polar surface area (TPSA) is 87.4 Å². The van der Waals surface area contributed by atoms with Crippen LogP contribution in [0.4, 0.5) is 0 Å². The summed E-state index contributed by atoms with van der Waals surface area (Å²) in [5.74, 6) is 0. The van der Waals surface area contributed by atoms with Gasteiger partial charge in [-0.05, 0) is 0 Å². The second-order valence-electron chi connectivity index (χ2n) is 2.43. The summed E-state index contributed by atoms with van der Waals surface area (Å²) in [5, 5.41) is 35.5. The predicted octanol–water partition coefficient (Wildman–Crippen LogP) is -2.90. The highest BCUT2D eigenvalue weighted by Gasteiger charge is 2.36. The quantitative estimate of drug-likeness (QED) is 0.350. The minimum absolute atomic E-state index is 0.162. The zero-order chi connectivity index (χ0) is 8.43. The first-order valence-corrected chi connectivity index (χ1v) is 3.26. The van der Waals surface area contributed by atoms with Crippen LogP contribution in [0.1, 0.15) is 0 Å². The van der Waals surface area contributed by atoms with Crippen molar-refractivity contribution in [1.29, 1.82) is 0 Å². The lowest BCUT2D eigenvalue weighted by Gasteiger charge is -2.16. The SMILES string of the molecule is OCN1CN(CO)C(O)C1O. The summed E-state index contributed by atoms with van der Waals surface area (Å²) in [7, 11) is 0. The van der Waals surface area contributed by atoms with E-state index in [1.807, 2.05) is 0 Å². The average molecular weight is 164 g/mol. The van der Waals surface area contributed by atoms with E-state index < -0.39 is 12.5 Å². The van der Waals surface area contributed by atoms with E-state index in [-0.39, 0.29) is 20.1 Å². The Kier molecular flexibility index (Phi) is 2.77. The predicted molar refractivity (Wildman–Crippen MR) is 34.7 cm³/mol. The fourth-order valence-electron chi connectivity index (χ4n) is 1.03. The van der Waals surface area contributed by atoms with Crippen LogP contribution in [-0.4, -0.2) is 62.8 Å². The van der Waals surface area contributed by atoms with Gasteiger partial charge in [-0.25, -0.2) is 9.80 Å². The van der Waals surface area contributed by atoms with Crippen LogP contribution in [0, 0.1) is 0 Å². The summed E-state index contributed by atoms with van der Waals surface area (Å²) in [6, 6.07) is 0. The van der Waals surface area contributed by atoms with E-state index in [1.165, 1.54) is 9.80 Å². The number of nitrogens with zero attached hydrogens (tertiary/aromatic N) is 2. The van der Waals surface area contributed by atoms with Gasteiger partial charge in [0, 0.05) is 0 Å². The number of hydrogen-bond donors (Lipinski definition) is 4. The van der Waals surface area contributed by atoms with Crippen molar-refractivity contribution in [3.63, 3.8) is 0 Å². The van der Waals surface area contributed by atoms with Crippen molar-refractivity contribution >= 4 is 0 Å². The third-order valence-corrected chi connectivity index (χ3v) is 1.74. The third kappa shape index (κ3) is 1.51. The van der Waals surface area contributed by atoms with E-state index in [4.69, 9.17) is 20.4 Å². The fraction of sp³-hybridized carbons (Fsp3) is 1.00. The maximum Gasteiger partial charge on any atom is 0.150 e. The third-order valence-electron chi connectivity index (χ3n) is 1.74. The van der Waals surface area contributed by atoms with Gasteiger partial charge in [0.2, 0.25) is 0 Å². The molecule has 2 atom stereocenters. The van der Waals surface area contributed by atoms with E-state index in [0.717, 1.165) is 0 Å². The van der Waals surface area contributed by atoms with Crippen molar-refractivity contribution in [1.82, 2.24) is 9.80 Å². The van der Waals surface area contributed by atoms with Crippen molar-refractivity contribution in [2.75, 3.05) is 20.1 Å². The lowest BCUT2D eigenvalue weighted by molar-refractivity contribution is -0.0924. The molecule has 0 amide bonds. The summed E-state index contributed by atoms with van der Waals surface area (Å²) in [4.78, 5) is 2.45. The Morgan fingerprint density at radius 1 is 1.00 bits per heavy atom. The number of hydrogen-bond acceptors (Lipinski definition) is 6. The van der Waals surface area contributed by atoms with E-state index in [1.54, 1.807) is 0 Å². The Morgan fingerprint density at radius 2 is 1.36 bits per heavy atom. The monoisotopic (exact) mass is 164 g/mol. The standard InChI is InChI=1S/C5H12N2O4/c8-2-6-1-7(3-9)5(11)4(6)10/h4-5,8-11H,1-3H2. The van der Waals surface area contributed by atoms with Gasteiger partial charge in [-0.2, -0.15) is 0 Å². The molecule has 1 rings (SSSR count). The Hall–Kier alpha value is -0.240. The van der Waals surface area contributed by atoms with Crippen LogP contribution in [0.15, 0.2) is 0 Å². The smallest absolute Gasteiger partial charge is 0.150 e. The summed E-state index contributed by atoms with van der Waals surface area (Å²) >= 11 is 0. The van der Waals surface area contributed by atoms with Crippen molar-refractivity contribution < 1.29 is 20.4 Å². The zero-order valence-electron chi connectivity index (χ0n) is 5.96. The molecule has 4 N–H and O–H groups in total. The maximum atomic E-state index is 9.12. The molecule has 66 valence electrons. The molecule has 0 aliphatic carbocycles. The van der Waals surface area contributed by atoms with Crippen LogP contribution in [0.5, 0.6) is 0 Å². The van der Waals surface area contributed by atoms with Gasteiger partial charge in [-0.15, -0.1) is 0 Å². The van der Waals surface area contributed by atoms with Crippen LogP contribution in [0.25, 0.3) is 0 Å². The van der Waals surface area contributed by atoms with Crippen LogP contribution in [0.2, 0.25) is 0 Å². The summed E-state index contributed by atoms with van der Waals surface area (Å²) < 4.78 is 0. The minimum Gasteiger partial charge on any atom is -0.381 e. The van der Waals surface area contributed by atoms with Gasteiger partial charge in [0.1, 0.15) is 12.5 Å². The largest absolute Gasteiger partial charge is 0.381 e. The lowest BCUT2D eigenvalue weighted by atomic mass is 10.5. The molecule has 0 aromatic carbocycles. The van der Waals surface area contributed by atoms with Gasteiger partial charge in [0.05, 0.1) is 20.1 Å². The fourth-order valence-corrected chi connectivity index (χ4v) is 1.03. The highest BCUT2D eigenvalue weighted by atomic mass is 16.4. The van der Waals surface area contributed by atoms with Crippen LogP contribution in [0.3, 0.4) is 0 Å². The Balaban J connectivity index is 2.53. The normalized spacial score (nSPS) is 34.9. The molecule has 1 heterocycles. The number of aliphatic hydroxyl groups is 4. The Labute approximate surface area is 63.9 Å². The molecular weight excluding hydrogens is 152 g/mol. The summed E-state index contributed by atoms with van der Waals surface area (Å²) in [6.45, 7) is -0.515. The molecule has 1 aliphatic heterocycles. The maximum absolute atomic E-state index is 9.12. The van der Waals surface area contributed by atoms with Crippen molar-refractivity contribution in [3.05, 3.63) is 0 Å². The number of rotatable bonds is 2. The summed E-state index contributed by atoms with van der Waals surface area (Å²) in [6.07, 6.45) is -2.24. The summed E-state index contributed by atoms with van der Waals surface area (Å²) in [5.41, 5.74) is 0. The van der Waals surface area contributed by atoms with Crippen molar-refractivity contribution in [2.24, 2.45) is 0 Å². The molecule has 2 unspecified atom stereocenters. The lowest BCUT2D eigenvalue weighted by Crippen LogP contribution is -2.37. The highest BCUT2D eigenvalue weighted by Crippen LogP contribution is 2.14. The molecule has 1 fully saturated rings. The molecule has 11 heavy (non-hydrogen) atoms. The molecule has 0 radical (unpaired) electrons. The van der Waals surface area contributed by atoms with Crippen molar-refractivity contribution in [3.8, 4) is 0 Å². The van der Waals surface area contributed by atoms with Gasteiger partial charge in [-0.3, -0.25) is 0 Å². The first kappa shape index (κ1) is 8.85. The molecule has 0 aromatic heterocycles. The van der Waals surface area contributed by atoms with Gasteiger partial charge < -0.3 is 20.4 Å². The van der Waals surface area contributed by atoms with Crippen LogP contribution < -0.4 is 0 Å². The number of aliphatic hydroxyl groups excluding tert-OH is 4. The molecule has 1 saturated heterocycles. The van der Waals surface area contributed by atoms with Crippen molar-refractivity contribution in [2.45, 2.75) is 12.5 Å². The van der Waals surface area contributed by atoms with E-state index in [9.17, 15) is 0 Å². The average Bonchev–Trinajstić information content (AvgIpc) is 2.30. The van der Waals surface area contributed by atoms with Gasteiger partial charge in [-0.1, -0.05) is 0 Å². The van der Waals surface area contributed by atoms with E-state index in [0.29, 0.717) is 0 Å². The molecule has 0 spiro atoms. The molecule has 1 aliphatic rings. The van der Waals surface area contributed by atoms with Crippen LogP contribution in [-0.2, 0) is 0 Å². The van der Waals surface area contributed by atoms with E-state index in [2.05, 4.69) is 0 Å². The molecule has 6 heteroatoms. The van der Waals surface area contributed by atoms with E-state index >= 15 is 0 Å². The zero-order valence-corrected chi connectivity index (χ0v) is 5.96. The highest BCUT2D eigenvalue weighted by molar-refractivity contribution is 4.75. The first-order chi connectivity index (χ1) is 5.20.